The fourth-order valence-corrected chi connectivity index (χ4v) is 8.89. The SMILES string of the molecule is O=C1CC[C@H](Nc2ccc(N3CCC(N4CCC(C(=O)NC5CCC(Nc6ncc(F)c(-c7cccc(-c8ccc[nH]c8=O)c7)n6)CC5)CC4)CC3)c(F)c2)C(=O)N1. The Morgan fingerprint density at radius 2 is 1.53 bits per heavy atom. The summed E-state index contributed by atoms with van der Waals surface area (Å²) in [5.74, 6) is -1.12. The summed E-state index contributed by atoms with van der Waals surface area (Å²) in [7, 11) is 0. The number of nitrogens with zero attached hydrogens (tertiary/aromatic N) is 4. The quantitative estimate of drug-likeness (QED) is 0.135. The van der Waals surface area contributed by atoms with E-state index >= 15 is 4.39 Å². The van der Waals surface area contributed by atoms with Crippen LogP contribution in [0.5, 0.6) is 0 Å². The summed E-state index contributed by atoms with van der Waals surface area (Å²) in [6.45, 7) is 3.20. The number of aromatic amines is 1. The van der Waals surface area contributed by atoms with Gasteiger partial charge in [-0.25, -0.2) is 18.7 Å². The number of pyridine rings is 1. The fourth-order valence-electron chi connectivity index (χ4n) is 8.89. The Labute approximate surface area is 335 Å². The smallest absolute Gasteiger partial charge is 0.255 e. The molecule has 3 saturated heterocycles. The maximum atomic E-state index is 15.2. The van der Waals surface area contributed by atoms with Crippen LogP contribution in [-0.2, 0) is 14.4 Å². The van der Waals surface area contributed by atoms with Gasteiger partial charge in [0.15, 0.2) is 5.82 Å². The van der Waals surface area contributed by atoms with Crippen LogP contribution in [0.4, 0.5) is 26.1 Å². The summed E-state index contributed by atoms with van der Waals surface area (Å²) in [4.78, 5) is 65.2. The Balaban J connectivity index is 0.760. The van der Waals surface area contributed by atoms with E-state index in [1.165, 1.54) is 12.3 Å². The van der Waals surface area contributed by atoms with Gasteiger partial charge in [0, 0.05) is 66.6 Å². The number of halogens is 2. The van der Waals surface area contributed by atoms with Crippen LogP contribution >= 0.6 is 0 Å². The first kappa shape index (κ1) is 39.1. The fraction of sp³-hybridized carbons (Fsp3) is 0.442. The van der Waals surface area contributed by atoms with E-state index in [-0.39, 0.29) is 59.2 Å². The first-order valence-corrected chi connectivity index (χ1v) is 20.4. The predicted octanol–water partition coefficient (Wildman–Crippen LogP) is 5.21. The zero-order chi connectivity index (χ0) is 40.2. The number of hydrogen-bond acceptors (Lipinski definition) is 10. The minimum atomic E-state index is -0.563. The van der Waals surface area contributed by atoms with Gasteiger partial charge >= 0.3 is 0 Å². The molecule has 2 aromatic carbocycles. The second-order valence-electron chi connectivity index (χ2n) is 15.9. The summed E-state index contributed by atoms with van der Waals surface area (Å²) in [5.41, 5.74) is 2.69. The highest BCUT2D eigenvalue weighted by molar-refractivity contribution is 6.01. The number of H-pyrrole nitrogens is 1. The van der Waals surface area contributed by atoms with E-state index in [1.807, 2.05) is 0 Å². The van der Waals surface area contributed by atoms with Gasteiger partial charge in [-0.05, 0) is 113 Å². The zero-order valence-corrected chi connectivity index (χ0v) is 32.3. The van der Waals surface area contributed by atoms with Crippen LogP contribution in [0.25, 0.3) is 22.4 Å². The molecule has 5 N–H and O–H groups in total. The van der Waals surface area contributed by atoms with Crippen LogP contribution < -0.4 is 31.7 Å². The van der Waals surface area contributed by atoms with E-state index in [9.17, 15) is 23.6 Å². The van der Waals surface area contributed by atoms with E-state index in [1.54, 1.807) is 54.7 Å². The number of aromatic nitrogens is 3. The maximum Gasteiger partial charge on any atom is 0.255 e. The Bertz CT molecular complexity index is 2190. The summed E-state index contributed by atoms with van der Waals surface area (Å²) >= 11 is 0. The highest BCUT2D eigenvalue weighted by atomic mass is 19.1. The molecule has 1 saturated carbocycles. The lowest BCUT2D eigenvalue weighted by Gasteiger charge is -2.42. The average molecular weight is 794 g/mol. The molecule has 1 atom stereocenters. The van der Waals surface area contributed by atoms with E-state index in [4.69, 9.17) is 0 Å². The maximum absolute atomic E-state index is 15.2. The average Bonchev–Trinajstić information content (AvgIpc) is 3.24. The molecule has 8 rings (SSSR count). The molecule has 0 unspecified atom stereocenters. The lowest BCUT2D eigenvalue weighted by molar-refractivity contribution is -0.133. The lowest BCUT2D eigenvalue weighted by atomic mass is 9.89. The molecule has 58 heavy (non-hydrogen) atoms. The lowest BCUT2D eigenvalue weighted by Crippen LogP contribution is -2.50. The van der Waals surface area contributed by atoms with Crippen molar-refractivity contribution in [1.29, 1.82) is 0 Å². The van der Waals surface area contributed by atoms with Crippen LogP contribution in [-0.4, -0.2) is 87.9 Å². The summed E-state index contributed by atoms with van der Waals surface area (Å²) in [6, 6.07) is 15.5. The van der Waals surface area contributed by atoms with Crippen molar-refractivity contribution in [3.63, 3.8) is 0 Å². The number of imide groups is 1. The largest absolute Gasteiger partial charge is 0.374 e. The van der Waals surface area contributed by atoms with Crippen molar-refractivity contribution < 1.29 is 23.2 Å². The van der Waals surface area contributed by atoms with E-state index < -0.39 is 11.9 Å². The Morgan fingerprint density at radius 1 is 0.776 bits per heavy atom. The number of amides is 3. The Hall–Kier alpha value is -5.70. The van der Waals surface area contributed by atoms with Gasteiger partial charge in [0.2, 0.25) is 23.7 Å². The molecule has 4 fully saturated rings. The predicted molar refractivity (Wildman–Crippen MR) is 217 cm³/mol. The number of carbonyl (C=O) groups is 3. The van der Waals surface area contributed by atoms with Crippen LogP contribution in [0.2, 0.25) is 0 Å². The van der Waals surface area contributed by atoms with Crippen molar-refractivity contribution >= 4 is 35.0 Å². The molecule has 2 aromatic heterocycles. The highest BCUT2D eigenvalue weighted by Crippen LogP contribution is 2.31. The summed E-state index contributed by atoms with van der Waals surface area (Å²) in [6.07, 6.45) is 10.1. The number of carbonyl (C=O) groups excluding carboxylic acids is 3. The third kappa shape index (κ3) is 9.04. The van der Waals surface area contributed by atoms with Crippen LogP contribution in [0.3, 0.4) is 0 Å². The second-order valence-corrected chi connectivity index (χ2v) is 15.9. The molecular formula is C43H49F2N9O4. The molecule has 15 heteroatoms. The van der Waals surface area contributed by atoms with Crippen LogP contribution in [0.15, 0.2) is 71.8 Å². The van der Waals surface area contributed by atoms with Gasteiger partial charge in [-0.15, -0.1) is 0 Å². The molecule has 1 aliphatic carbocycles. The molecule has 5 heterocycles. The van der Waals surface area contributed by atoms with Gasteiger partial charge in [-0.3, -0.25) is 24.5 Å². The van der Waals surface area contributed by atoms with E-state index in [0.29, 0.717) is 46.5 Å². The standard InChI is InChI=1S/C43H49F2N9O4/c44-34-24-31(48-36-11-13-38(55)51-42(36)58)10-12-37(34)54-21-16-32(17-22-54)53-19-14-26(15-20-53)40(56)49-29-6-8-30(9-7-29)50-43-47-25-35(45)39(52-43)28-4-1-3-27(23-28)33-5-2-18-46-41(33)57/h1-5,10,12,18,23-26,29-30,32,36,48H,6-9,11,13-17,19-22H2,(H,46,57)(H,49,56)(H,47,50,52)(H,51,55,58)/t29?,30?,36-/m0/s1. The molecule has 4 aliphatic rings. The van der Waals surface area contributed by atoms with Gasteiger partial charge in [0.1, 0.15) is 17.6 Å². The zero-order valence-electron chi connectivity index (χ0n) is 32.3. The third-order valence-corrected chi connectivity index (χ3v) is 12.2. The van der Waals surface area contributed by atoms with Crippen molar-refractivity contribution in [3.05, 3.63) is 89.0 Å². The highest BCUT2D eigenvalue weighted by Gasteiger charge is 2.33. The number of rotatable bonds is 10. The molecule has 13 nitrogen and oxygen atoms in total. The minimum absolute atomic E-state index is 0.0154. The number of piperidine rings is 3. The molecule has 0 spiro atoms. The van der Waals surface area contributed by atoms with Crippen molar-refractivity contribution in [2.24, 2.45) is 5.92 Å². The van der Waals surface area contributed by atoms with Crippen LogP contribution in [0, 0.1) is 17.6 Å². The molecule has 0 radical (unpaired) electrons. The number of anilines is 3. The van der Waals surface area contributed by atoms with Crippen LogP contribution in [0.1, 0.15) is 64.2 Å². The first-order valence-electron chi connectivity index (χ1n) is 20.4. The van der Waals surface area contributed by atoms with Gasteiger partial charge < -0.3 is 30.7 Å². The first-order chi connectivity index (χ1) is 28.2. The van der Waals surface area contributed by atoms with Crippen molar-refractivity contribution in [2.45, 2.75) is 88.4 Å². The number of benzene rings is 2. The Kier molecular flexibility index (Phi) is 11.8. The number of hydrogen-bond donors (Lipinski definition) is 5. The molecule has 3 aliphatic heterocycles. The topological polar surface area (TPSA) is 164 Å². The summed E-state index contributed by atoms with van der Waals surface area (Å²) < 4.78 is 30.2. The third-order valence-electron chi connectivity index (χ3n) is 12.2. The van der Waals surface area contributed by atoms with Gasteiger partial charge in [-0.1, -0.05) is 18.2 Å². The Morgan fingerprint density at radius 3 is 2.28 bits per heavy atom. The van der Waals surface area contributed by atoms with Crippen molar-refractivity contribution in [1.82, 2.24) is 30.5 Å². The second kappa shape index (κ2) is 17.4. The normalized spacial score (nSPS) is 22.3. The van der Waals surface area contributed by atoms with E-state index in [2.05, 4.69) is 46.0 Å². The van der Waals surface area contributed by atoms with Gasteiger partial charge in [-0.2, -0.15) is 0 Å². The molecule has 304 valence electrons. The minimum Gasteiger partial charge on any atom is -0.374 e. The van der Waals surface area contributed by atoms with E-state index in [0.717, 1.165) is 77.5 Å². The van der Waals surface area contributed by atoms with Crippen molar-refractivity contribution in [3.8, 4) is 22.4 Å². The number of nitrogens with one attached hydrogen (secondary N) is 5. The molecular weight excluding hydrogens is 745 g/mol. The number of likely N-dealkylation sites (tertiary alicyclic amines) is 1. The molecule has 4 aromatic rings. The van der Waals surface area contributed by atoms with Gasteiger partial charge in [0.25, 0.3) is 5.56 Å². The monoisotopic (exact) mass is 793 g/mol. The molecule has 3 amide bonds. The van der Waals surface area contributed by atoms with Gasteiger partial charge in [0.05, 0.1) is 11.9 Å². The summed E-state index contributed by atoms with van der Waals surface area (Å²) in [5, 5.41) is 12.1. The van der Waals surface area contributed by atoms with Crippen molar-refractivity contribution in [2.75, 3.05) is 41.7 Å². The molecule has 0 bridgehead atoms.